The summed E-state index contributed by atoms with van der Waals surface area (Å²) in [4.78, 5) is 4.60. The van der Waals surface area contributed by atoms with Crippen molar-refractivity contribution in [2.75, 3.05) is 6.54 Å². The first-order chi connectivity index (χ1) is 15.1. The van der Waals surface area contributed by atoms with E-state index in [2.05, 4.69) is 16.2 Å². The van der Waals surface area contributed by atoms with Gasteiger partial charge in [-0.3, -0.25) is 4.98 Å². The summed E-state index contributed by atoms with van der Waals surface area (Å²) in [6, 6.07) is 20.8. The fraction of sp³-hybridized carbons (Fsp3) is 0.125. The highest BCUT2D eigenvalue weighted by Crippen LogP contribution is 2.32. The zero-order valence-corrected chi connectivity index (χ0v) is 16.9. The van der Waals surface area contributed by atoms with Crippen LogP contribution in [-0.2, 0) is 0 Å². The van der Waals surface area contributed by atoms with Crippen molar-refractivity contribution in [3.05, 3.63) is 89.9 Å². The van der Waals surface area contributed by atoms with E-state index in [0.29, 0.717) is 28.3 Å². The number of hydrogen-bond acceptors (Lipinski definition) is 6. The zero-order chi connectivity index (χ0) is 21.8. The van der Waals surface area contributed by atoms with Gasteiger partial charge in [0.15, 0.2) is 5.75 Å². The molecule has 0 aliphatic heterocycles. The lowest BCUT2D eigenvalue weighted by atomic mass is 10.1. The van der Waals surface area contributed by atoms with E-state index in [1.165, 1.54) is 0 Å². The Kier molecular flexibility index (Phi) is 5.76. The molecule has 31 heavy (non-hydrogen) atoms. The number of aromatic nitrogens is 3. The van der Waals surface area contributed by atoms with Crippen LogP contribution in [0.5, 0.6) is 11.5 Å². The molecule has 0 saturated heterocycles. The zero-order valence-electron chi connectivity index (χ0n) is 16.9. The smallest absolute Gasteiger partial charge is 0.154 e. The third-order valence-electron chi connectivity index (χ3n) is 4.77. The molecular formula is C24H21N5O2. The third-order valence-corrected chi connectivity index (χ3v) is 4.77. The third kappa shape index (κ3) is 4.46. The molecule has 3 N–H and O–H groups in total. The predicted octanol–water partition coefficient (Wildman–Crippen LogP) is 3.90. The largest absolute Gasteiger partial charge is 0.455 e. The molecule has 1 unspecified atom stereocenters. The summed E-state index contributed by atoms with van der Waals surface area (Å²) >= 11 is 0. The minimum absolute atomic E-state index is 0.0982. The molecule has 0 aliphatic rings. The average molecular weight is 411 g/mol. The van der Waals surface area contributed by atoms with E-state index in [1.54, 1.807) is 35.3 Å². The molecule has 0 spiro atoms. The second-order valence-corrected chi connectivity index (χ2v) is 7.06. The summed E-state index contributed by atoms with van der Waals surface area (Å²) in [5, 5.41) is 23.7. The van der Waals surface area contributed by atoms with Crippen molar-refractivity contribution in [3.8, 4) is 34.5 Å². The van der Waals surface area contributed by atoms with Crippen molar-refractivity contribution >= 4 is 0 Å². The average Bonchev–Trinajstić information content (AvgIpc) is 3.28. The molecule has 7 heteroatoms. The van der Waals surface area contributed by atoms with E-state index >= 15 is 0 Å². The van der Waals surface area contributed by atoms with Gasteiger partial charge in [0.25, 0.3) is 0 Å². The molecule has 0 aliphatic carbocycles. The Morgan fingerprint density at radius 1 is 1.16 bits per heavy atom. The Morgan fingerprint density at radius 2 is 1.97 bits per heavy atom. The van der Waals surface area contributed by atoms with E-state index in [4.69, 9.17) is 10.5 Å². The standard InChI is InChI=1S/C24H21N5O2/c1-16-9-20(11-21(28-16)18-5-3-2-4-6-18)31-24-10-17(12-25)7-8-22(24)29-15-19(14-27-29)23(30)13-26/h2-11,14-15,23,30H,13,26H2,1H3. The van der Waals surface area contributed by atoms with Gasteiger partial charge in [-0.05, 0) is 19.1 Å². The van der Waals surface area contributed by atoms with Gasteiger partial charge >= 0.3 is 0 Å². The number of nitriles is 1. The van der Waals surface area contributed by atoms with E-state index in [9.17, 15) is 10.4 Å². The van der Waals surface area contributed by atoms with Crippen LogP contribution in [0.1, 0.15) is 22.9 Å². The number of hydrogen-bond donors (Lipinski definition) is 2. The molecule has 1 atom stereocenters. The maximum absolute atomic E-state index is 9.99. The number of nitrogens with two attached hydrogens (primary N) is 1. The molecule has 0 fully saturated rings. The van der Waals surface area contributed by atoms with Crippen LogP contribution in [0.25, 0.3) is 16.9 Å². The molecule has 4 rings (SSSR count). The Morgan fingerprint density at radius 3 is 2.71 bits per heavy atom. The van der Waals surface area contributed by atoms with Crippen molar-refractivity contribution in [2.45, 2.75) is 13.0 Å². The molecule has 2 aromatic carbocycles. The van der Waals surface area contributed by atoms with Crippen LogP contribution in [0.2, 0.25) is 0 Å². The van der Waals surface area contributed by atoms with Crippen LogP contribution in [0.4, 0.5) is 0 Å². The van der Waals surface area contributed by atoms with Gasteiger partial charge in [-0.25, -0.2) is 4.68 Å². The lowest BCUT2D eigenvalue weighted by Crippen LogP contribution is -2.10. The first-order valence-corrected chi connectivity index (χ1v) is 9.76. The summed E-state index contributed by atoms with van der Waals surface area (Å²) in [7, 11) is 0. The number of pyridine rings is 1. The molecule has 154 valence electrons. The first kappa shape index (κ1) is 20.3. The minimum Gasteiger partial charge on any atom is -0.455 e. The Hall–Kier alpha value is -3.99. The number of rotatable bonds is 6. The van der Waals surface area contributed by atoms with Gasteiger partial charge in [0.05, 0.1) is 29.6 Å². The fourth-order valence-corrected chi connectivity index (χ4v) is 3.21. The SMILES string of the molecule is Cc1cc(Oc2cc(C#N)ccc2-n2cc(C(O)CN)cn2)cc(-c2ccccc2)n1. The molecule has 0 radical (unpaired) electrons. The molecule has 7 nitrogen and oxygen atoms in total. The van der Waals surface area contributed by atoms with Gasteiger partial charge in [0, 0.05) is 47.8 Å². The Balaban J connectivity index is 1.74. The maximum atomic E-state index is 9.99. The minimum atomic E-state index is -0.798. The summed E-state index contributed by atoms with van der Waals surface area (Å²) in [5.41, 5.74) is 9.82. The van der Waals surface area contributed by atoms with Crippen molar-refractivity contribution in [1.82, 2.24) is 14.8 Å². The number of ether oxygens (including phenoxy) is 1. The van der Waals surface area contributed by atoms with Crippen molar-refractivity contribution in [3.63, 3.8) is 0 Å². The normalized spacial score (nSPS) is 11.7. The van der Waals surface area contributed by atoms with Crippen molar-refractivity contribution in [1.29, 1.82) is 5.26 Å². The maximum Gasteiger partial charge on any atom is 0.154 e. The highest BCUT2D eigenvalue weighted by molar-refractivity contribution is 5.62. The molecule has 2 aromatic heterocycles. The number of nitrogens with zero attached hydrogens (tertiary/aromatic N) is 4. The van der Waals surface area contributed by atoms with Crippen LogP contribution in [0, 0.1) is 18.3 Å². The van der Waals surface area contributed by atoms with E-state index in [-0.39, 0.29) is 6.54 Å². The molecule has 2 heterocycles. The van der Waals surface area contributed by atoms with Crippen molar-refractivity contribution in [2.24, 2.45) is 5.73 Å². The number of aryl methyl sites for hydroxylation is 1. The summed E-state index contributed by atoms with van der Waals surface area (Å²) in [6.07, 6.45) is 2.45. The number of aliphatic hydroxyl groups is 1. The number of aliphatic hydroxyl groups excluding tert-OH is 1. The highest BCUT2D eigenvalue weighted by Gasteiger charge is 2.14. The van der Waals surface area contributed by atoms with E-state index in [1.807, 2.05) is 49.4 Å². The van der Waals surface area contributed by atoms with Gasteiger partial charge in [-0.2, -0.15) is 10.4 Å². The van der Waals surface area contributed by atoms with Crippen LogP contribution in [0.3, 0.4) is 0 Å². The van der Waals surface area contributed by atoms with Gasteiger partial charge in [-0.15, -0.1) is 0 Å². The van der Waals surface area contributed by atoms with Crippen LogP contribution in [-0.4, -0.2) is 26.4 Å². The predicted molar refractivity (Wildman–Crippen MR) is 117 cm³/mol. The topological polar surface area (TPSA) is 110 Å². The summed E-state index contributed by atoms with van der Waals surface area (Å²) in [5.74, 6) is 1.05. The Labute approximate surface area is 180 Å². The lowest BCUT2D eigenvalue weighted by Gasteiger charge is -2.13. The van der Waals surface area contributed by atoms with Crippen LogP contribution < -0.4 is 10.5 Å². The summed E-state index contributed by atoms with van der Waals surface area (Å²) in [6.45, 7) is 2.00. The van der Waals surface area contributed by atoms with Crippen LogP contribution in [0.15, 0.2) is 73.1 Å². The molecule has 0 bridgehead atoms. The van der Waals surface area contributed by atoms with Gasteiger partial charge in [0.1, 0.15) is 11.4 Å². The quantitative estimate of drug-likeness (QED) is 0.498. The Bertz CT molecular complexity index is 1240. The molecular weight excluding hydrogens is 390 g/mol. The first-order valence-electron chi connectivity index (χ1n) is 9.76. The van der Waals surface area contributed by atoms with Crippen LogP contribution >= 0.6 is 0 Å². The lowest BCUT2D eigenvalue weighted by molar-refractivity contribution is 0.186. The molecule has 0 amide bonds. The molecule has 0 saturated carbocycles. The number of benzene rings is 2. The van der Waals surface area contributed by atoms with Gasteiger partial charge < -0.3 is 15.6 Å². The second-order valence-electron chi connectivity index (χ2n) is 7.06. The molecule has 4 aromatic rings. The van der Waals surface area contributed by atoms with Gasteiger partial charge in [0.2, 0.25) is 0 Å². The second kappa shape index (κ2) is 8.79. The fourth-order valence-electron chi connectivity index (χ4n) is 3.21. The van der Waals surface area contributed by atoms with Crippen molar-refractivity contribution < 1.29 is 9.84 Å². The van der Waals surface area contributed by atoms with E-state index in [0.717, 1.165) is 17.0 Å². The van der Waals surface area contributed by atoms with Gasteiger partial charge in [-0.1, -0.05) is 30.3 Å². The summed E-state index contributed by atoms with van der Waals surface area (Å²) < 4.78 is 7.80. The van der Waals surface area contributed by atoms with E-state index < -0.39 is 6.10 Å². The monoisotopic (exact) mass is 411 g/mol. The highest BCUT2D eigenvalue weighted by atomic mass is 16.5.